The van der Waals surface area contributed by atoms with E-state index in [0.29, 0.717) is 6.61 Å². The van der Waals surface area contributed by atoms with Gasteiger partial charge in [-0.15, -0.1) is 11.8 Å². The number of ether oxygens (including phenoxy) is 1. The lowest BCUT2D eigenvalue weighted by Gasteiger charge is -2.13. The Morgan fingerprint density at radius 3 is 2.88 bits per heavy atom. The van der Waals surface area contributed by atoms with Crippen LogP contribution in [0.15, 0.2) is 22.7 Å². The maximum absolute atomic E-state index is 5.87. The average molecular weight is 282 g/mol. The zero-order valence-electron chi connectivity index (χ0n) is 9.59. The first-order chi connectivity index (χ1) is 7.65. The van der Waals surface area contributed by atoms with E-state index in [9.17, 15) is 0 Å². The van der Waals surface area contributed by atoms with E-state index >= 15 is 0 Å². The van der Waals surface area contributed by atoms with Gasteiger partial charge in [0.1, 0.15) is 5.75 Å². The molecule has 2 nitrogen and oxygen atoms in total. The number of halogens is 1. The summed E-state index contributed by atoms with van der Waals surface area (Å²) < 4.78 is 6.66. The second-order valence-corrected chi connectivity index (χ2v) is 4.41. The van der Waals surface area contributed by atoms with Crippen LogP contribution in [0.5, 0.6) is 5.75 Å². The van der Waals surface area contributed by atoms with Crippen LogP contribution in [0.3, 0.4) is 0 Å². The Labute approximate surface area is 105 Å². The minimum absolute atomic E-state index is 0.0274. The summed E-state index contributed by atoms with van der Waals surface area (Å²) in [4.78, 5) is 0. The lowest BCUT2D eigenvalue weighted by Crippen LogP contribution is -2.08. The van der Waals surface area contributed by atoms with E-state index in [1.807, 2.05) is 32.0 Å². The summed E-state index contributed by atoms with van der Waals surface area (Å²) in [5, 5.41) is 0. The first-order valence-corrected chi connectivity index (χ1v) is 6.02. The van der Waals surface area contributed by atoms with Gasteiger partial charge in [0.2, 0.25) is 0 Å². The number of nitrogens with two attached hydrogens (primary N) is 1. The second kappa shape index (κ2) is 6.57. The summed E-state index contributed by atoms with van der Waals surface area (Å²) in [6.07, 6.45) is 0.738. The maximum Gasteiger partial charge on any atom is 0.125 e. The number of hydrogen-bond donors (Lipinski definition) is 1. The Morgan fingerprint density at radius 1 is 1.50 bits per heavy atom. The Kier molecular flexibility index (Phi) is 5.37. The fourth-order valence-electron chi connectivity index (χ4n) is 1.35. The van der Waals surface area contributed by atoms with Gasteiger partial charge >= 0.3 is 0 Å². The molecule has 2 N–H and O–H groups in total. The van der Waals surface area contributed by atoms with Gasteiger partial charge < -0.3 is 10.5 Å². The fourth-order valence-corrected chi connectivity index (χ4v) is 1.69. The van der Waals surface area contributed by atoms with Crippen molar-refractivity contribution in [2.24, 2.45) is 5.73 Å². The molecule has 0 spiro atoms. The molecule has 1 rings (SSSR count). The van der Waals surface area contributed by atoms with E-state index in [2.05, 4.69) is 27.8 Å². The maximum atomic E-state index is 5.87. The normalized spacial score (nSPS) is 11.5. The Bertz CT molecular complexity index is 404. The summed E-state index contributed by atoms with van der Waals surface area (Å²) in [6, 6.07) is 5.87. The van der Waals surface area contributed by atoms with Crippen LogP contribution in [0.2, 0.25) is 0 Å². The molecule has 0 saturated heterocycles. The van der Waals surface area contributed by atoms with Gasteiger partial charge in [0.25, 0.3) is 0 Å². The Hall–Kier alpha value is -0.980. The highest BCUT2D eigenvalue weighted by molar-refractivity contribution is 9.10. The molecule has 86 valence electrons. The molecule has 1 aromatic rings. The van der Waals surface area contributed by atoms with Crippen LogP contribution in [-0.2, 0) is 0 Å². The molecule has 0 aliphatic heterocycles. The van der Waals surface area contributed by atoms with Crippen molar-refractivity contribution in [3.8, 4) is 17.6 Å². The molecule has 0 bridgehead atoms. The molecule has 0 saturated carbocycles. The van der Waals surface area contributed by atoms with Crippen molar-refractivity contribution < 1.29 is 4.74 Å². The monoisotopic (exact) mass is 281 g/mol. The third-order valence-electron chi connectivity index (χ3n) is 2.13. The lowest BCUT2D eigenvalue weighted by molar-refractivity contribution is 0.322. The lowest BCUT2D eigenvalue weighted by atomic mass is 10.1. The largest absolute Gasteiger partial charge is 0.492 e. The summed E-state index contributed by atoms with van der Waals surface area (Å²) in [5.41, 5.74) is 6.89. The van der Waals surface area contributed by atoms with Crippen molar-refractivity contribution in [2.45, 2.75) is 26.3 Å². The standard InChI is InChI=1S/C13H16BrNO/c1-3-4-5-8-16-13-9-11(14)6-7-12(13)10(2)15/h6-7,9-10H,5,8,15H2,1-2H3/t10-/m1/s1. The van der Waals surface area contributed by atoms with Gasteiger partial charge in [0, 0.05) is 22.5 Å². The van der Waals surface area contributed by atoms with E-state index in [0.717, 1.165) is 22.2 Å². The third-order valence-corrected chi connectivity index (χ3v) is 2.62. The van der Waals surface area contributed by atoms with Gasteiger partial charge in [0.15, 0.2) is 0 Å². The molecule has 1 aromatic carbocycles. The first kappa shape index (κ1) is 13.1. The molecule has 16 heavy (non-hydrogen) atoms. The summed E-state index contributed by atoms with van der Waals surface area (Å²) in [6.45, 7) is 4.37. The zero-order valence-corrected chi connectivity index (χ0v) is 11.2. The van der Waals surface area contributed by atoms with E-state index in [1.54, 1.807) is 0 Å². The van der Waals surface area contributed by atoms with Crippen molar-refractivity contribution in [1.82, 2.24) is 0 Å². The molecule has 0 radical (unpaired) electrons. The Balaban J connectivity index is 2.74. The van der Waals surface area contributed by atoms with E-state index in [4.69, 9.17) is 10.5 Å². The highest BCUT2D eigenvalue weighted by Gasteiger charge is 2.08. The molecule has 0 fully saturated rings. The first-order valence-electron chi connectivity index (χ1n) is 5.22. The minimum atomic E-state index is -0.0274. The molecule has 1 atom stereocenters. The molecule has 0 aromatic heterocycles. The van der Waals surface area contributed by atoms with Gasteiger partial charge in [-0.2, -0.15) is 0 Å². The second-order valence-electron chi connectivity index (χ2n) is 3.50. The summed E-state index contributed by atoms with van der Waals surface area (Å²) in [5.74, 6) is 6.64. The highest BCUT2D eigenvalue weighted by Crippen LogP contribution is 2.27. The summed E-state index contributed by atoms with van der Waals surface area (Å²) in [7, 11) is 0. The molecule has 0 amide bonds. The van der Waals surface area contributed by atoms with Crippen LogP contribution in [0.25, 0.3) is 0 Å². The molecule has 0 aliphatic rings. The topological polar surface area (TPSA) is 35.2 Å². The molecular weight excluding hydrogens is 266 g/mol. The fraction of sp³-hybridized carbons (Fsp3) is 0.385. The highest BCUT2D eigenvalue weighted by atomic mass is 79.9. The van der Waals surface area contributed by atoms with Crippen molar-refractivity contribution in [1.29, 1.82) is 0 Å². The predicted octanol–water partition coefficient (Wildman–Crippen LogP) is 3.26. The number of rotatable bonds is 4. The molecule has 3 heteroatoms. The van der Waals surface area contributed by atoms with Crippen LogP contribution in [0, 0.1) is 11.8 Å². The molecule has 0 unspecified atom stereocenters. The van der Waals surface area contributed by atoms with Gasteiger partial charge in [0.05, 0.1) is 6.61 Å². The van der Waals surface area contributed by atoms with Gasteiger partial charge in [-0.05, 0) is 26.0 Å². The third kappa shape index (κ3) is 3.88. The van der Waals surface area contributed by atoms with E-state index in [1.165, 1.54) is 0 Å². The smallest absolute Gasteiger partial charge is 0.125 e. The number of benzene rings is 1. The SMILES string of the molecule is CC#CCCOc1cc(Br)ccc1[C@@H](C)N. The van der Waals surface area contributed by atoms with Crippen LogP contribution in [0.4, 0.5) is 0 Å². The number of hydrogen-bond acceptors (Lipinski definition) is 2. The molecule has 0 heterocycles. The van der Waals surface area contributed by atoms with Crippen LogP contribution in [0.1, 0.15) is 31.9 Å². The van der Waals surface area contributed by atoms with Gasteiger partial charge in [-0.25, -0.2) is 0 Å². The van der Waals surface area contributed by atoms with Crippen molar-refractivity contribution in [3.05, 3.63) is 28.2 Å². The molecular formula is C13H16BrNO. The van der Waals surface area contributed by atoms with Crippen molar-refractivity contribution in [2.75, 3.05) is 6.61 Å². The average Bonchev–Trinajstić information content (AvgIpc) is 2.24. The van der Waals surface area contributed by atoms with E-state index in [-0.39, 0.29) is 6.04 Å². The Morgan fingerprint density at radius 2 is 2.25 bits per heavy atom. The van der Waals surface area contributed by atoms with Crippen LogP contribution < -0.4 is 10.5 Å². The van der Waals surface area contributed by atoms with Crippen LogP contribution in [-0.4, -0.2) is 6.61 Å². The summed E-state index contributed by atoms with van der Waals surface area (Å²) >= 11 is 3.42. The minimum Gasteiger partial charge on any atom is -0.492 e. The predicted molar refractivity (Wildman–Crippen MR) is 70.3 cm³/mol. The zero-order chi connectivity index (χ0) is 12.0. The van der Waals surface area contributed by atoms with E-state index < -0.39 is 0 Å². The quantitative estimate of drug-likeness (QED) is 0.679. The molecule has 0 aliphatic carbocycles. The van der Waals surface area contributed by atoms with Crippen molar-refractivity contribution >= 4 is 15.9 Å². The van der Waals surface area contributed by atoms with Gasteiger partial charge in [-0.1, -0.05) is 22.0 Å². The van der Waals surface area contributed by atoms with Crippen LogP contribution >= 0.6 is 15.9 Å². The van der Waals surface area contributed by atoms with Gasteiger partial charge in [-0.3, -0.25) is 0 Å². The van der Waals surface area contributed by atoms with Crippen molar-refractivity contribution in [3.63, 3.8) is 0 Å².